The first-order valence-corrected chi connectivity index (χ1v) is 12.6. The second kappa shape index (κ2) is 9.43. The highest BCUT2D eigenvalue weighted by Gasteiger charge is 2.50. The van der Waals surface area contributed by atoms with Gasteiger partial charge in [-0.2, -0.15) is 0 Å². The predicted molar refractivity (Wildman–Crippen MR) is 122 cm³/mol. The largest absolute Gasteiger partial charge is 0.444 e. The maximum Gasteiger partial charge on any atom is 0.411 e. The molecule has 1 amide bonds. The topological polar surface area (TPSA) is 48.0 Å². The highest BCUT2D eigenvalue weighted by atomic mass is 16.7. The zero-order valence-corrected chi connectivity index (χ0v) is 20.2. The van der Waals surface area contributed by atoms with Gasteiger partial charge in [0, 0.05) is 19.1 Å². The summed E-state index contributed by atoms with van der Waals surface area (Å²) in [7, 11) is 1.78. The van der Waals surface area contributed by atoms with Gasteiger partial charge in [-0.15, -0.1) is 0 Å². The Labute approximate surface area is 188 Å². The number of hydrogen-bond donors (Lipinski definition) is 0. The standard InChI is InChI=1S/C26H43NO4/c1-17-9-8-11-19(27(17)25(28)31-26(2,3)4)13-14-21-20-12-7-6-10-18(20)15-22-23(21)16-30-24(22)29-5/h13-14,17-24H,6-12,15-16H2,1-5H3/b14-13+. The molecule has 2 heterocycles. The predicted octanol–water partition coefficient (Wildman–Crippen LogP) is 5.78. The van der Waals surface area contributed by atoms with Gasteiger partial charge in [-0.05, 0) is 83.5 Å². The van der Waals surface area contributed by atoms with E-state index < -0.39 is 5.60 Å². The molecule has 5 heteroatoms. The van der Waals surface area contributed by atoms with Gasteiger partial charge in [0.1, 0.15) is 5.60 Å². The number of hydrogen-bond acceptors (Lipinski definition) is 4. The number of fused-ring (bicyclic) bond motifs is 2. The van der Waals surface area contributed by atoms with E-state index in [-0.39, 0.29) is 24.5 Å². The van der Waals surface area contributed by atoms with Crippen molar-refractivity contribution in [2.75, 3.05) is 13.7 Å². The molecule has 2 aliphatic heterocycles. The summed E-state index contributed by atoms with van der Waals surface area (Å²) >= 11 is 0. The van der Waals surface area contributed by atoms with Crippen LogP contribution in [0.3, 0.4) is 0 Å². The molecule has 0 spiro atoms. The molecule has 2 saturated carbocycles. The first kappa shape index (κ1) is 23.1. The maximum atomic E-state index is 13.0. The number of ether oxygens (including phenoxy) is 3. The lowest BCUT2D eigenvalue weighted by molar-refractivity contribution is -0.118. The van der Waals surface area contributed by atoms with Gasteiger partial charge < -0.3 is 14.2 Å². The van der Waals surface area contributed by atoms with Crippen molar-refractivity contribution in [3.63, 3.8) is 0 Å². The van der Waals surface area contributed by atoms with E-state index in [1.54, 1.807) is 7.11 Å². The fraction of sp³-hybridized carbons (Fsp3) is 0.885. The summed E-state index contributed by atoms with van der Waals surface area (Å²) in [5.74, 6) is 3.11. The summed E-state index contributed by atoms with van der Waals surface area (Å²) in [6.45, 7) is 8.80. The molecule has 176 valence electrons. The number of rotatable bonds is 3. The normalized spacial score (nSPS) is 41.1. The van der Waals surface area contributed by atoms with Crippen LogP contribution in [0.2, 0.25) is 0 Å². The van der Waals surface area contributed by atoms with Crippen molar-refractivity contribution in [1.82, 2.24) is 4.90 Å². The van der Waals surface area contributed by atoms with E-state index in [1.807, 2.05) is 25.7 Å². The molecule has 4 rings (SSSR count). The molecule has 0 aromatic rings. The summed E-state index contributed by atoms with van der Waals surface area (Å²) in [5, 5.41) is 0. The van der Waals surface area contributed by atoms with Crippen LogP contribution in [-0.2, 0) is 14.2 Å². The molecular weight excluding hydrogens is 390 g/mol. The van der Waals surface area contributed by atoms with Crippen LogP contribution >= 0.6 is 0 Å². The van der Waals surface area contributed by atoms with Crippen LogP contribution in [0.5, 0.6) is 0 Å². The van der Waals surface area contributed by atoms with Crippen LogP contribution in [0, 0.1) is 29.6 Å². The zero-order valence-electron chi connectivity index (χ0n) is 20.2. The maximum absolute atomic E-state index is 13.0. The fourth-order valence-electron chi connectivity index (χ4n) is 6.87. The van der Waals surface area contributed by atoms with E-state index in [0.717, 1.165) is 37.7 Å². The quantitative estimate of drug-likeness (QED) is 0.529. The summed E-state index contributed by atoms with van der Waals surface area (Å²) in [4.78, 5) is 15.0. The highest BCUT2D eigenvalue weighted by molar-refractivity contribution is 5.69. The summed E-state index contributed by atoms with van der Waals surface area (Å²) in [6, 6.07) is 0.342. The lowest BCUT2D eigenvalue weighted by Gasteiger charge is -2.47. The molecule has 2 aliphatic carbocycles. The molecule has 4 fully saturated rings. The van der Waals surface area contributed by atoms with E-state index in [0.29, 0.717) is 17.8 Å². The molecule has 0 aromatic carbocycles. The molecule has 8 atom stereocenters. The number of nitrogens with zero attached hydrogens (tertiary/aromatic N) is 1. The Morgan fingerprint density at radius 1 is 1.00 bits per heavy atom. The van der Waals surface area contributed by atoms with Gasteiger partial charge in [-0.25, -0.2) is 4.79 Å². The van der Waals surface area contributed by atoms with E-state index in [1.165, 1.54) is 32.1 Å². The molecule has 0 radical (unpaired) electrons. The van der Waals surface area contributed by atoms with Crippen molar-refractivity contribution in [3.05, 3.63) is 12.2 Å². The van der Waals surface area contributed by atoms with Crippen molar-refractivity contribution in [2.45, 2.75) is 103 Å². The summed E-state index contributed by atoms with van der Waals surface area (Å²) in [6.07, 6.45) is 14.5. The van der Waals surface area contributed by atoms with Crippen LogP contribution < -0.4 is 0 Å². The Morgan fingerprint density at radius 3 is 2.52 bits per heavy atom. The third-order valence-electron chi connectivity index (χ3n) is 8.23. The van der Waals surface area contributed by atoms with Crippen molar-refractivity contribution in [1.29, 1.82) is 0 Å². The molecule has 2 saturated heterocycles. The minimum atomic E-state index is -0.467. The Hall–Kier alpha value is -1.07. The number of likely N-dealkylation sites (tertiary alicyclic amines) is 1. The number of piperidine rings is 1. The Balaban J connectivity index is 1.54. The van der Waals surface area contributed by atoms with Crippen LogP contribution in [-0.4, -0.2) is 48.7 Å². The molecule has 5 nitrogen and oxygen atoms in total. The van der Waals surface area contributed by atoms with Gasteiger partial charge >= 0.3 is 6.09 Å². The molecule has 0 N–H and O–H groups in total. The van der Waals surface area contributed by atoms with E-state index in [2.05, 4.69) is 19.1 Å². The average molecular weight is 434 g/mol. The van der Waals surface area contributed by atoms with Gasteiger partial charge in [0.2, 0.25) is 0 Å². The number of carbonyl (C=O) groups is 1. The molecule has 0 bridgehead atoms. The van der Waals surface area contributed by atoms with Crippen molar-refractivity contribution >= 4 is 6.09 Å². The zero-order chi connectivity index (χ0) is 22.2. The molecule has 4 aliphatic rings. The van der Waals surface area contributed by atoms with Gasteiger partial charge in [-0.3, -0.25) is 4.90 Å². The van der Waals surface area contributed by atoms with Crippen molar-refractivity contribution < 1.29 is 19.0 Å². The Morgan fingerprint density at radius 2 is 1.77 bits per heavy atom. The molecule has 31 heavy (non-hydrogen) atoms. The van der Waals surface area contributed by atoms with Gasteiger partial charge in [-0.1, -0.05) is 31.4 Å². The third kappa shape index (κ3) is 4.98. The Kier molecular flexibility index (Phi) is 7.02. The lowest BCUT2D eigenvalue weighted by atomic mass is 9.58. The van der Waals surface area contributed by atoms with Gasteiger partial charge in [0.25, 0.3) is 0 Å². The van der Waals surface area contributed by atoms with Crippen LogP contribution in [0.15, 0.2) is 12.2 Å². The molecule has 0 aromatic heterocycles. The van der Waals surface area contributed by atoms with Gasteiger partial charge in [0.15, 0.2) is 6.29 Å². The summed E-state index contributed by atoms with van der Waals surface area (Å²) < 4.78 is 17.5. The molecular formula is C26H43NO4. The van der Waals surface area contributed by atoms with Crippen LogP contribution in [0.25, 0.3) is 0 Å². The van der Waals surface area contributed by atoms with Crippen LogP contribution in [0.1, 0.15) is 79.1 Å². The number of amides is 1. The minimum absolute atomic E-state index is 0.0447. The first-order chi connectivity index (χ1) is 14.8. The second-order valence-corrected chi connectivity index (χ2v) is 11.4. The number of allylic oxidation sites excluding steroid dienone is 1. The highest BCUT2D eigenvalue weighted by Crippen LogP contribution is 2.53. The first-order valence-electron chi connectivity index (χ1n) is 12.6. The number of carbonyl (C=O) groups excluding carboxylic acids is 1. The summed E-state index contributed by atoms with van der Waals surface area (Å²) in [5.41, 5.74) is -0.467. The Bertz CT molecular complexity index is 656. The van der Waals surface area contributed by atoms with Crippen LogP contribution in [0.4, 0.5) is 4.79 Å². The monoisotopic (exact) mass is 433 g/mol. The van der Waals surface area contributed by atoms with E-state index in [9.17, 15) is 4.79 Å². The molecule has 8 unspecified atom stereocenters. The third-order valence-corrected chi connectivity index (χ3v) is 8.23. The average Bonchev–Trinajstić information content (AvgIpc) is 3.12. The smallest absolute Gasteiger partial charge is 0.411 e. The van der Waals surface area contributed by atoms with E-state index >= 15 is 0 Å². The SMILES string of the molecule is COC1OCC2C(/C=C/C3CCCC(C)N3C(=O)OC(C)(C)C)C3CCCCC3CC12. The fourth-order valence-corrected chi connectivity index (χ4v) is 6.87. The minimum Gasteiger partial charge on any atom is -0.444 e. The lowest BCUT2D eigenvalue weighted by Crippen LogP contribution is -2.50. The van der Waals surface area contributed by atoms with Crippen molar-refractivity contribution in [3.8, 4) is 0 Å². The van der Waals surface area contributed by atoms with E-state index in [4.69, 9.17) is 14.2 Å². The number of methoxy groups -OCH3 is 1. The van der Waals surface area contributed by atoms with Gasteiger partial charge in [0.05, 0.1) is 12.6 Å². The second-order valence-electron chi connectivity index (χ2n) is 11.4. The van der Waals surface area contributed by atoms with Crippen molar-refractivity contribution in [2.24, 2.45) is 29.6 Å².